The molecule has 162 valence electrons. The van der Waals surface area contributed by atoms with Crippen LogP contribution in [0.1, 0.15) is 38.2 Å². The van der Waals surface area contributed by atoms with Crippen LogP contribution in [0.2, 0.25) is 0 Å². The summed E-state index contributed by atoms with van der Waals surface area (Å²) in [7, 11) is -2.13. The van der Waals surface area contributed by atoms with Crippen LogP contribution in [0.25, 0.3) is 0 Å². The second-order valence-corrected chi connectivity index (χ2v) is 9.76. The molecule has 1 N–H and O–H groups in total. The highest BCUT2D eigenvalue weighted by Gasteiger charge is 2.21. The average molecular weight is 437 g/mol. The second kappa shape index (κ2) is 8.94. The predicted octanol–water partition coefficient (Wildman–Crippen LogP) is 4.99. The Morgan fingerprint density at radius 3 is 2.06 bits per heavy atom. The minimum absolute atomic E-state index is 0.0984. The zero-order valence-corrected chi connectivity index (χ0v) is 19.4. The number of carbonyl (C=O) groups is 1. The number of carbonyl (C=O) groups excluding carboxylic acids is 1. The molecular formula is C25H28N2O3S. The summed E-state index contributed by atoms with van der Waals surface area (Å²) in [5.41, 5.74) is 5.52. The third-order valence-electron chi connectivity index (χ3n) is 5.09. The van der Waals surface area contributed by atoms with Crippen LogP contribution in [0.5, 0.6) is 0 Å². The Morgan fingerprint density at radius 1 is 0.839 bits per heavy atom. The van der Waals surface area contributed by atoms with Gasteiger partial charge in [0, 0.05) is 24.8 Å². The van der Waals surface area contributed by atoms with Crippen LogP contribution in [0.4, 0.5) is 5.69 Å². The van der Waals surface area contributed by atoms with Crippen LogP contribution in [0, 0.1) is 27.7 Å². The fraction of sp³-hybridized carbons (Fsp3) is 0.240. The summed E-state index contributed by atoms with van der Waals surface area (Å²) in [5, 5.41) is 0. The summed E-state index contributed by atoms with van der Waals surface area (Å²) in [5.74, 6) is -0.233. The van der Waals surface area contributed by atoms with Crippen LogP contribution < -0.4 is 4.72 Å². The molecule has 3 aromatic rings. The topological polar surface area (TPSA) is 66.5 Å². The molecule has 0 fully saturated rings. The quantitative estimate of drug-likeness (QED) is 0.592. The number of aryl methyl sites for hydroxylation is 4. The third-order valence-corrected chi connectivity index (χ3v) is 6.61. The van der Waals surface area contributed by atoms with E-state index in [1.807, 2.05) is 51.1 Å². The SMILES string of the molecule is Cc1ccc(CN(C)C(=O)c2ccc(C)c(S(=O)(=O)Nc3cc(C)cc(C)c3)c2)cc1. The van der Waals surface area contributed by atoms with E-state index in [0.29, 0.717) is 23.4 Å². The molecule has 0 radical (unpaired) electrons. The van der Waals surface area contributed by atoms with Crippen molar-refractivity contribution in [2.75, 3.05) is 11.8 Å². The second-order valence-electron chi connectivity index (χ2n) is 8.11. The van der Waals surface area contributed by atoms with E-state index in [4.69, 9.17) is 0 Å². The van der Waals surface area contributed by atoms with Crippen LogP contribution in [-0.2, 0) is 16.6 Å². The molecule has 6 heteroatoms. The number of sulfonamides is 1. The summed E-state index contributed by atoms with van der Waals surface area (Å²) < 4.78 is 28.8. The van der Waals surface area contributed by atoms with Gasteiger partial charge in [0.2, 0.25) is 0 Å². The van der Waals surface area contributed by atoms with E-state index in [9.17, 15) is 13.2 Å². The van der Waals surface area contributed by atoms with E-state index in [1.165, 1.54) is 6.07 Å². The van der Waals surface area contributed by atoms with Gasteiger partial charge in [0.05, 0.1) is 4.90 Å². The highest BCUT2D eigenvalue weighted by atomic mass is 32.2. The lowest BCUT2D eigenvalue weighted by Gasteiger charge is -2.19. The Kier molecular flexibility index (Phi) is 6.51. The molecule has 0 heterocycles. The van der Waals surface area contributed by atoms with Gasteiger partial charge in [-0.25, -0.2) is 8.42 Å². The van der Waals surface area contributed by atoms with Gasteiger partial charge in [0.15, 0.2) is 0 Å². The van der Waals surface area contributed by atoms with Gasteiger partial charge < -0.3 is 4.90 Å². The Bertz CT molecular complexity index is 1200. The van der Waals surface area contributed by atoms with Crippen molar-refractivity contribution in [2.45, 2.75) is 39.1 Å². The van der Waals surface area contributed by atoms with Crippen molar-refractivity contribution in [1.29, 1.82) is 0 Å². The lowest BCUT2D eigenvalue weighted by Crippen LogP contribution is -2.26. The molecule has 3 rings (SSSR count). The van der Waals surface area contributed by atoms with Crippen molar-refractivity contribution in [3.63, 3.8) is 0 Å². The molecule has 1 amide bonds. The normalized spacial score (nSPS) is 11.3. The van der Waals surface area contributed by atoms with Crippen LogP contribution in [-0.4, -0.2) is 26.3 Å². The van der Waals surface area contributed by atoms with Gasteiger partial charge in [-0.15, -0.1) is 0 Å². The Balaban J connectivity index is 1.86. The van der Waals surface area contributed by atoms with Gasteiger partial charge in [0.1, 0.15) is 0 Å². The molecule has 0 spiro atoms. The summed E-state index contributed by atoms with van der Waals surface area (Å²) >= 11 is 0. The van der Waals surface area contributed by atoms with Gasteiger partial charge in [-0.2, -0.15) is 0 Å². The maximum absolute atomic E-state index is 13.1. The molecular weight excluding hydrogens is 408 g/mol. The van der Waals surface area contributed by atoms with Gasteiger partial charge in [-0.3, -0.25) is 9.52 Å². The lowest BCUT2D eigenvalue weighted by atomic mass is 10.1. The lowest BCUT2D eigenvalue weighted by molar-refractivity contribution is 0.0785. The first-order valence-electron chi connectivity index (χ1n) is 10.1. The van der Waals surface area contributed by atoms with Gasteiger partial charge in [-0.05, 0) is 74.2 Å². The largest absolute Gasteiger partial charge is 0.337 e. The number of hydrogen-bond acceptors (Lipinski definition) is 3. The van der Waals surface area contributed by atoms with Gasteiger partial charge >= 0.3 is 0 Å². The number of amides is 1. The van der Waals surface area contributed by atoms with E-state index < -0.39 is 10.0 Å². The molecule has 0 aliphatic heterocycles. The Hall–Kier alpha value is -3.12. The number of benzene rings is 3. The molecule has 0 saturated heterocycles. The first kappa shape index (κ1) is 22.6. The first-order chi connectivity index (χ1) is 14.5. The van der Waals surface area contributed by atoms with Crippen molar-refractivity contribution >= 4 is 21.6 Å². The van der Waals surface area contributed by atoms with Crippen LogP contribution in [0.15, 0.2) is 65.6 Å². The number of nitrogens with zero attached hydrogens (tertiary/aromatic N) is 1. The van der Waals surface area contributed by atoms with E-state index in [2.05, 4.69) is 4.72 Å². The number of hydrogen-bond donors (Lipinski definition) is 1. The minimum Gasteiger partial charge on any atom is -0.337 e. The summed E-state index contributed by atoms with van der Waals surface area (Å²) in [4.78, 5) is 14.6. The zero-order valence-electron chi connectivity index (χ0n) is 18.6. The van der Waals surface area contributed by atoms with Crippen molar-refractivity contribution < 1.29 is 13.2 Å². The van der Waals surface area contributed by atoms with E-state index in [0.717, 1.165) is 22.3 Å². The monoisotopic (exact) mass is 436 g/mol. The third kappa shape index (κ3) is 5.52. The van der Waals surface area contributed by atoms with E-state index in [1.54, 1.807) is 43.1 Å². The predicted molar refractivity (Wildman–Crippen MR) is 125 cm³/mol. The summed E-state index contributed by atoms with van der Waals surface area (Å²) in [6.07, 6.45) is 0. The summed E-state index contributed by atoms with van der Waals surface area (Å²) in [6.45, 7) is 8.01. The molecule has 0 saturated carbocycles. The fourth-order valence-electron chi connectivity index (χ4n) is 3.53. The maximum Gasteiger partial charge on any atom is 0.262 e. The fourth-order valence-corrected chi connectivity index (χ4v) is 4.84. The van der Waals surface area contributed by atoms with Gasteiger partial charge in [0.25, 0.3) is 15.9 Å². The average Bonchev–Trinajstić information content (AvgIpc) is 2.68. The Morgan fingerprint density at radius 2 is 1.45 bits per heavy atom. The van der Waals surface area contributed by atoms with Gasteiger partial charge in [-0.1, -0.05) is 42.0 Å². The molecule has 0 aliphatic carbocycles. The standard InChI is InChI=1S/C25H28N2O3S/c1-17-6-9-21(10-7-17)16-27(5)25(28)22-11-8-20(4)24(15-22)31(29,30)26-23-13-18(2)12-19(3)14-23/h6-15,26H,16H2,1-5H3. The Labute approximate surface area is 184 Å². The summed E-state index contributed by atoms with van der Waals surface area (Å²) in [6, 6.07) is 18.3. The van der Waals surface area contributed by atoms with Crippen molar-refractivity contribution in [3.05, 3.63) is 94.0 Å². The molecule has 0 aromatic heterocycles. The van der Waals surface area contributed by atoms with E-state index >= 15 is 0 Å². The molecule has 0 bridgehead atoms. The minimum atomic E-state index is -3.84. The first-order valence-corrected chi connectivity index (χ1v) is 11.6. The zero-order chi connectivity index (χ0) is 22.8. The number of rotatable bonds is 6. The van der Waals surface area contributed by atoms with Crippen LogP contribution in [0.3, 0.4) is 0 Å². The molecule has 31 heavy (non-hydrogen) atoms. The van der Waals surface area contributed by atoms with Crippen molar-refractivity contribution in [2.24, 2.45) is 0 Å². The number of nitrogens with one attached hydrogen (secondary N) is 1. The maximum atomic E-state index is 13.1. The molecule has 5 nitrogen and oxygen atoms in total. The molecule has 3 aromatic carbocycles. The molecule has 0 aliphatic rings. The molecule has 0 atom stereocenters. The highest BCUT2D eigenvalue weighted by Crippen LogP contribution is 2.23. The molecule has 0 unspecified atom stereocenters. The smallest absolute Gasteiger partial charge is 0.262 e. The highest BCUT2D eigenvalue weighted by molar-refractivity contribution is 7.92. The van der Waals surface area contributed by atoms with E-state index in [-0.39, 0.29) is 10.8 Å². The van der Waals surface area contributed by atoms with Crippen molar-refractivity contribution in [3.8, 4) is 0 Å². The van der Waals surface area contributed by atoms with Crippen molar-refractivity contribution in [1.82, 2.24) is 4.90 Å². The number of anilines is 1. The van der Waals surface area contributed by atoms with Crippen LogP contribution >= 0.6 is 0 Å².